The zero-order valence-corrected chi connectivity index (χ0v) is 21.7. The van der Waals surface area contributed by atoms with Crippen molar-refractivity contribution in [3.8, 4) is 22.6 Å². The fourth-order valence-corrected chi connectivity index (χ4v) is 5.07. The molecule has 1 aliphatic heterocycles. The predicted octanol–water partition coefficient (Wildman–Crippen LogP) is 2.30. The van der Waals surface area contributed by atoms with Crippen molar-refractivity contribution in [1.82, 2.24) is 4.90 Å². The summed E-state index contributed by atoms with van der Waals surface area (Å²) in [5.74, 6) is 1.48. The van der Waals surface area contributed by atoms with Crippen molar-refractivity contribution in [3.63, 3.8) is 0 Å². The van der Waals surface area contributed by atoms with Gasteiger partial charge in [0.05, 0.1) is 18.6 Å². The van der Waals surface area contributed by atoms with E-state index in [0.29, 0.717) is 44.3 Å². The van der Waals surface area contributed by atoms with E-state index in [1.54, 1.807) is 0 Å². The average Bonchev–Trinajstić information content (AvgIpc) is 3.70. The van der Waals surface area contributed by atoms with E-state index in [4.69, 9.17) is 32.4 Å². The highest BCUT2D eigenvalue weighted by Gasteiger charge is 2.57. The van der Waals surface area contributed by atoms with Gasteiger partial charge in [0.1, 0.15) is 24.7 Å². The Labute approximate surface area is 227 Å². The Hall–Kier alpha value is -4.73. The molecule has 2 aliphatic rings. The lowest BCUT2D eigenvalue weighted by atomic mass is 10.0. The minimum absolute atomic E-state index is 0.0139. The lowest BCUT2D eigenvalue weighted by Crippen LogP contribution is -2.32. The molecule has 0 aromatic heterocycles. The molecule has 5 rings (SSSR count). The van der Waals surface area contributed by atoms with E-state index in [1.165, 1.54) is 0 Å². The number of nitrogens with zero attached hydrogens (tertiary/aromatic N) is 3. The molecule has 39 heavy (non-hydrogen) atoms. The van der Waals surface area contributed by atoms with Crippen molar-refractivity contribution in [1.29, 1.82) is 0 Å². The molecule has 10 heteroatoms. The summed E-state index contributed by atoms with van der Waals surface area (Å²) in [6.07, 6.45) is 1.96. The van der Waals surface area contributed by atoms with Crippen LogP contribution in [0.25, 0.3) is 11.1 Å². The van der Waals surface area contributed by atoms with E-state index in [9.17, 15) is 4.79 Å². The van der Waals surface area contributed by atoms with Crippen LogP contribution < -0.4 is 32.4 Å². The minimum atomic E-state index is -0.189. The first kappa shape index (κ1) is 25.9. The Morgan fingerprint density at radius 3 is 2.26 bits per heavy atom. The maximum atomic E-state index is 13.3. The van der Waals surface area contributed by atoms with Gasteiger partial charge in [0.25, 0.3) is 5.91 Å². The third-order valence-electron chi connectivity index (χ3n) is 6.97. The SMILES string of the molecule is NC(N)=NCCOc1cccc(-c2ccc(CN3C(=O)c4ccccc4C34CC4)cc2OCCN=C(N)N)c1. The van der Waals surface area contributed by atoms with E-state index < -0.39 is 0 Å². The normalized spacial score (nSPS) is 14.6. The zero-order valence-electron chi connectivity index (χ0n) is 21.7. The van der Waals surface area contributed by atoms with Crippen LogP contribution in [0.2, 0.25) is 0 Å². The maximum Gasteiger partial charge on any atom is 0.255 e. The third-order valence-corrected chi connectivity index (χ3v) is 6.97. The standard InChI is InChI=1S/C29H33N7O3/c30-27(31)34-12-14-38-21-5-3-4-20(17-21)22-9-8-19(16-25(22)39-15-13-35-28(32)33)18-36-26(37)23-6-1-2-7-24(23)29(36)10-11-29/h1-9,16-17H,10-15,18H2,(H4,30,31,34)(H4,32,33,35). The summed E-state index contributed by atoms with van der Waals surface area (Å²) in [6.45, 7) is 1.81. The van der Waals surface area contributed by atoms with Gasteiger partial charge in [0, 0.05) is 17.7 Å². The fourth-order valence-electron chi connectivity index (χ4n) is 5.07. The lowest BCUT2D eigenvalue weighted by Gasteiger charge is -2.26. The average molecular weight is 528 g/mol. The summed E-state index contributed by atoms with van der Waals surface area (Å²) >= 11 is 0. The number of nitrogens with two attached hydrogens (primary N) is 4. The van der Waals surface area contributed by atoms with Crippen LogP contribution in [0.3, 0.4) is 0 Å². The largest absolute Gasteiger partial charge is 0.492 e. The minimum Gasteiger partial charge on any atom is -0.492 e. The van der Waals surface area contributed by atoms with Crippen LogP contribution in [-0.2, 0) is 12.1 Å². The number of ether oxygens (including phenoxy) is 2. The number of benzene rings is 3. The Kier molecular flexibility index (Phi) is 7.27. The van der Waals surface area contributed by atoms with E-state index in [1.807, 2.05) is 65.6 Å². The number of amides is 1. The van der Waals surface area contributed by atoms with Crippen LogP contribution in [0.1, 0.15) is 34.3 Å². The Balaban J connectivity index is 1.39. The molecule has 1 heterocycles. The quantitative estimate of drug-likeness (QED) is 0.169. The Bertz CT molecular complexity index is 1420. The molecule has 0 unspecified atom stereocenters. The van der Waals surface area contributed by atoms with Gasteiger partial charge in [-0.1, -0.05) is 42.5 Å². The molecule has 0 bridgehead atoms. The molecule has 1 saturated carbocycles. The first-order valence-electron chi connectivity index (χ1n) is 12.9. The number of fused-ring (bicyclic) bond motifs is 2. The number of hydrogen-bond donors (Lipinski definition) is 4. The summed E-state index contributed by atoms with van der Waals surface area (Å²) < 4.78 is 12.0. The van der Waals surface area contributed by atoms with Gasteiger partial charge in [-0.05, 0) is 53.8 Å². The van der Waals surface area contributed by atoms with Gasteiger partial charge < -0.3 is 37.3 Å². The van der Waals surface area contributed by atoms with Crippen LogP contribution in [0.15, 0.2) is 76.7 Å². The summed E-state index contributed by atoms with van der Waals surface area (Å²) in [7, 11) is 0. The molecule has 1 spiro atoms. The molecule has 10 nitrogen and oxygen atoms in total. The molecule has 8 N–H and O–H groups in total. The number of hydrogen-bond acceptors (Lipinski definition) is 5. The summed E-state index contributed by atoms with van der Waals surface area (Å²) in [5, 5.41) is 0. The van der Waals surface area contributed by atoms with Crippen molar-refractivity contribution in [2.75, 3.05) is 26.3 Å². The zero-order chi connectivity index (χ0) is 27.4. The Morgan fingerprint density at radius 2 is 1.54 bits per heavy atom. The topological polar surface area (TPSA) is 168 Å². The highest BCUT2D eigenvalue weighted by atomic mass is 16.5. The third kappa shape index (κ3) is 5.59. The van der Waals surface area contributed by atoms with Crippen LogP contribution in [0, 0.1) is 0 Å². The van der Waals surface area contributed by atoms with Crippen molar-refractivity contribution in [2.45, 2.75) is 24.9 Å². The lowest BCUT2D eigenvalue weighted by molar-refractivity contribution is 0.0683. The number of carbonyl (C=O) groups excluding carboxylic acids is 1. The molecule has 0 saturated heterocycles. The molecule has 3 aromatic carbocycles. The molecule has 1 amide bonds. The van der Waals surface area contributed by atoms with E-state index in [2.05, 4.69) is 16.1 Å². The second-order valence-electron chi connectivity index (χ2n) is 9.64. The number of guanidine groups is 2. The first-order chi connectivity index (χ1) is 18.9. The second kappa shape index (κ2) is 10.9. The predicted molar refractivity (Wildman–Crippen MR) is 151 cm³/mol. The van der Waals surface area contributed by atoms with Crippen molar-refractivity contribution < 1.29 is 14.3 Å². The van der Waals surface area contributed by atoms with Gasteiger partial charge in [-0.15, -0.1) is 0 Å². The van der Waals surface area contributed by atoms with Crippen LogP contribution in [0.5, 0.6) is 11.5 Å². The van der Waals surface area contributed by atoms with Crippen LogP contribution >= 0.6 is 0 Å². The van der Waals surface area contributed by atoms with E-state index >= 15 is 0 Å². The smallest absolute Gasteiger partial charge is 0.255 e. The Morgan fingerprint density at radius 1 is 0.821 bits per heavy atom. The second-order valence-corrected chi connectivity index (χ2v) is 9.64. The summed E-state index contributed by atoms with van der Waals surface area (Å²) in [4.78, 5) is 23.3. The van der Waals surface area contributed by atoms with Crippen molar-refractivity contribution in [2.24, 2.45) is 32.9 Å². The van der Waals surface area contributed by atoms with Crippen LogP contribution in [-0.4, -0.2) is 49.0 Å². The van der Waals surface area contributed by atoms with Crippen molar-refractivity contribution in [3.05, 3.63) is 83.4 Å². The van der Waals surface area contributed by atoms with E-state index in [0.717, 1.165) is 40.7 Å². The van der Waals surface area contributed by atoms with Gasteiger partial charge in [-0.2, -0.15) is 0 Å². The molecule has 202 valence electrons. The molecule has 0 radical (unpaired) electrons. The maximum absolute atomic E-state index is 13.3. The highest BCUT2D eigenvalue weighted by Crippen LogP contribution is 2.57. The molecule has 3 aromatic rings. The highest BCUT2D eigenvalue weighted by molar-refractivity contribution is 6.00. The molecular weight excluding hydrogens is 494 g/mol. The number of aliphatic imine (C=N–C) groups is 2. The monoisotopic (exact) mass is 527 g/mol. The molecule has 0 atom stereocenters. The summed E-state index contributed by atoms with van der Waals surface area (Å²) in [6, 6.07) is 21.7. The summed E-state index contributed by atoms with van der Waals surface area (Å²) in [5.41, 5.74) is 26.2. The molecular formula is C29H33N7O3. The first-order valence-corrected chi connectivity index (χ1v) is 12.9. The van der Waals surface area contributed by atoms with E-state index in [-0.39, 0.29) is 23.4 Å². The van der Waals surface area contributed by atoms with Gasteiger partial charge in [-0.25, -0.2) is 0 Å². The van der Waals surface area contributed by atoms with Gasteiger partial charge >= 0.3 is 0 Å². The van der Waals surface area contributed by atoms with Crippen molar-refractivity contribution >= 4 is 17.8 Å². The number of carbonyl (C=O) groups is 1. The van der Waals surface area contributed by atoms with Gasteiger partial charge in [0.2, 0.25) is 0 Å². The molecule has 1 aliphatic carbocycles. The fraction of sp³-hybridized carbons (Fsp3) is 0.276. The van der Waals surface area contributed by atoms with Gasteiger partial charge in [0.15, 0.2) is 11.9 Å². The number of rotatable bonds is 11. The van der Waals surface area contributed by atoms with Gasteiger partial charge in [-0.3, -0.25) is 14.8 Å². The van der Waals surface area contributed by atoms with Crippen LogP contribution in [0.4, 0.5) is 0 Å². The molecule has 1 fully saturated rings.